The molecule has 0 aliphatic heterocycles. The van der Waals surface area contributed by atoms with E-state index in [-0.39, 0.29) is 11.8 Å². The van der Waals surface area contributed by atoms with Crippen LogP contribution in [0.15, 0.2) is 24.3 Å². The SMILES string of the molecule is O=C(O)C1CCC2C=CC=CC21. The molecule has 0 saturated heterocycles. The van der Waals surface area contributed by atoms with E-state index in [0.29, 0.717) is 5.92 Å². The van der Waals surface area contributed by atoms with Crippen LogP contribution in [0.1, 0.15) is 12.8 Å². The van der Waals surface area contributed by atoms with Crippen molar-refractivity contribution in [2.75, 3.05) is 0 Å². The maximum absolute atomic E-state index is 10.8. The average Bonchev–Trinajstić information content (AvgIpc) is 2.47. The molecule has 1 fully saturated rings. The van der Waals surface area contributed by atoms with Crippen molar-refractivity contribution < 1.29 is 9.90 Å². The quantitative estimate of drug-likeness (QED) is 0.642. The van der Waals surface area contributed by atoms with Crippen molar-refractivity contribution >= 4 is 5.97 Å². The number of rotatable bonds is 1. The Morgan fingerprint density at radius 1 is 1.25 bits per heavy atom. The van der Waals surface area contributed by atoms with Gasteiger partial charge in [0.25, 0.3) is 0 Å². The Hall–Kier alpha value is -1.05. The van der Waals surface area contributed by atoms with Crippen molar-refractivity contribution in [2.24, 2.45) is 17.8 Å². The molecule has 2 aliphatic carbocycles. The molecule has 0 radical (unpaired) electrons. The second kappa shape index (κ2) is 2.77. The Labute approximate surface area is 71.6 Å². The van der Waals surface area contributed by atoms with E-state index in [1.165, 1.54) is 0 Å². The zero-order chi connectivity index (χ0) is 8.55. The van der Waals surface area contributed by atoms with Gasteiger partial charge in [-0.2, -0.15) is 0 Å². The second-order valence-electron chi connectivity index (χ2n) is 3.53. The predicted octanol–water partition coefficient (Wildman–Crippen LogP) is 1.84. The molecule has 0 aromatic carbocycles. The van der Waals surface area contributed by atoms with Gasteiger partial charge in [0.1, 0.15) is 0 Å². The molecule has 2 heteroatoms. The smallest absolute Gasteiger partial charge is 0.307 e. The molecule has 2 rings (SSSR count). The predicted molar refractivity (Wildman–Crippen MR) is 45.6 cm³/mol. The number of carbonyl (C=O) groups is 1. The molecule has 0 aromatic rings. The molecule has 1 saturated carbocycles. The van der Waals surface area contributed by atoms with Crippen LogP contribution >= 0.6 is 0 Å². The summed E-state index contributed by atoms with van der Waals surface area (Å²) in [5.41, 5.74) is 0. The van der Waals surface area contributed by atoms with Gasteiger partial charge in [-0.15, -0.1) is 0 Å². The van der Waals surface area contributed by atoms with E-state index in [9.17, 15) is 4.79 Å². The van der Waals surface area contributed by atoms with E-state index in [4.69, 9.17) is 5.11 Å². The van der Waals surface area contributed by atoms with E-state index >= 15 is 0 Å². The molecule has 2 nitrogen and oxygen atoms in total. The normalized spacial score (nSPS) is 38.2. The summed E-state index contributed by atoms with van der Waals surface area (Å²) in [6.45, 7) is 0. The number of aliphatic carboxylic acids is 1. The summed E-state index contributed by atoms with van der Waals surface area (Å²) in [5.74, 6) is -0.0396. The van der Waals surface area contributed by atoms with Crippen LogP contribution < -0.4 is 0 Å². The minimum absolute atomic E-state index is 0.142. The van der Waals surface area contributed by atoms with E-state index in [1.807, 2.05) is 18.2 Å². The number of hydrogen-bond acceptors (Lipinski definition) is 1. The summed E-state index contributed by atoms with van der Waals surface area (Å²) >= 11 is 0. The summed E-state index contributed by atoms with van der Waals surface area (Å²) in [6, 6.07) is 0. The third kappa shape index (κ3) is 1.07. The van der Waals surface area contributed by atoms with E-state index in [0.717, 1.165) is 12.8 Å². The molecule has 0 spiro atoms. The minimum atomic E-state index is -0.637. The van der Waals surface area contributed by atoms with Gasteiger partial charge in [-0.05, 0) is 24.7 Å². The van der Waals surface area contributed by atoms with Crippen LogP contribution in [0, 0.1) is 17.8 Å². The fourth-order valence-corrected chi connectivity index (χ4v) is 2.24. The second-order valence-corrected chi connectivity index (χ2v) is 3.53. The van der Waals surface area contributed by atoms with Gasteiger partial charge < -0.3 is 5.11 Å². The van der Waals surface area contributed by atoms with Crippen LogP contribution in [-0.2, 0) is 4.79 Å². The van der Waals surface area contributed by atoms with Gasteiger partial charge in [-0.25, -0.2) is 0 Å². The summed E-state index contributed by atoms with van der Waals surface area (Å²) in [5, 5.41) is 8.89. The number of carboxylic acid groups (broad SMARTS) is 1. The zero-order valence-corrected chi connectivity index (χ0v) is 6.81. The highest BCUT2D eigenvalue weighted by molar-refractivity contribution is 5.71. The number of hydrogen-bond donors (Lipinski definition) is 1. The molecule has 2 aliphatic rings. The lowest BCUT2D eigenvalue weighted by atomic mass is 9.86. The molecule has 0 bridgehead atoms. The van der Waals surface area contributed by atoms with Crippen molar-refractivity contribution in [2.45, 2.75) is 12.8 Å². The minimum Gasteiger partial charge on any atom is -0.481 e. The fraction of sp³-hybridized carbons (Fsp3) is 0.500. The fourth-order valence-electron chi connectivity index (χ4n) is 2.24. The van der Waals surface area contributed by atoms with Gasteiger partial charge in [-0.1, -0.05) is 24.3 Å². The highest BCUT2D eigenvalue weighted by Crippen LogP contribution is 2.40. The van der Waals surface area contributed by atoms with Crippen molar-refractivity contribution in [3.05, 3.63) is 24.3 Å². The van der Waals surface area contributed by atoms with Crippen LogP contribution in [0.25, 0.3) is 0 Å². The van der Waals surface area contributed by atoms with Gasteiger partial charge in [-0.3, -0.25) is 4.79 Å². The van der Waals surface area contributed by atoms with E-state index in [1.54, 1.807) is 0 Å². The summed E-state index contributed by atoms with van der Waals surface area (Å²) < 4.78 is 0. The molecule has 0 aromatic heterocycles. The largest absolute Gasteiger partial charge is 0.481 e. The Morgan fingerprint density at radius 2 is 2.00 bits per heavy atom. The van der Waals surface area contributed by atoms with Gasteiger partial charge in [0.2, 0.25) is 0 Å². The Morgan fingerprint density at radius 3 is 2.75 bits per heavy atom. The van der Waals surface area contributed by atoms with Crippen LogP contribution in [0.4, 0.5) is 0 Å². The highest BCUT2D eigenvalue weighted by atomic mass is 16.4. The molecule has 12 heavy (non-hydrogen) atoms. The number of allylic oxidation sites excluding steroid dienone is 4. The van der Waals surface area contributed by atoms with Crippen LogP contribution in [0.3, 0.4) is 0 Å². The third-order valence-electron chi connectivity index (χ3n) is 2.89. The molecular weight excluding hydrogens is 152 g/mol. The first-order chi connectivity index (χ1) is 5.79. The highest BCUT2D eigenvalue weighted by Gasteiger charge is 2.37. The summed E-state index contributed by atoms with van der Waals surface area (Å²) in [4.78, 5) is 10.8. The lowest BCUT2D eigenvalue weighted by Crippen LogP contribution is -2.20. The van der Waals surface area contributed by atoms with Gasteiger partial charge in [0.15, 0.2) is 0 Å². The van der Waals surface area contributed by atoms with Crippen LogP contribution in [-0.4, -0.2) is 11.1 Å². The van der Waals surface area contributed by atoms with Gasteiger partial charge in [0, 0.05) is 0 Å². The Bertz CT molecular complexity index is 253. The van der Waals surface area contributed by atoms with E-state index in [2.05, 4.69) is 6.08 Å². The lowest BCUT2D eigenvalue weighted by molar-refractivity contribution is -0.142. The molecule has 3 unspecified atom stereocenters. The molecule has 3 atom stereocenters. The Kier molecular flexibility index (Phi) is 1.75. The van der Waals surface area contributed by atoms with Crippen molar-refractivity contribution in [3.63, 3.8) is 0 Å². The van der Waals surface area contributed by atoms with Crippen LogP contribution in [0.5, 0.6) is 0 Å². The molecule has 0 amide bonds. The maximum Gasteiger partial charge on any atom is 0.307 e. The monoisotopic (exact) mass is 164 g/mol. The van der Waals surface area contributed by atoms with Gasteiger partial charge in [0.05, 0.1) is 5.92 Å². The molecule has 1 N–H and O–H groups in total. The number of fused-ring (bicyclic) bond motifs is 1. The average molecular weight is 164 g/mol. The maximum atomic E-state index is 10.8. The Balaban J connectivity index is 2.18. The lowest BCUT2D eigenvalue weighted by Gasteiger charge is -2.18. The van der Waals surface area contributed by atoms with Crippen molar-refractivity contribution in [1.82, 2.24) is 0 Å². The van der Waals surface area contributed by atoms with E-state index < -0.39 is 5.97 Å². The first-order valence-electron chi connectivity index (χ1n) is 4.37. The number of carboxylic acids is 1. The van der Waals surface area contributed by atoms with Crippen LogP contribution in [0.2, 0.25) is 0 Å². The van der Waals surface area contributed by atoms with Crippen molar-refractivity contribution in [3.8, 4) is 0 Å². The topological polar surface area (TPSA) is 37.3 Å². The zero-order valence-electron chi connectivity index (χ0n) is 6.81. The molecule has 0 heterocycles. The first-order valence-corrected chi connectivity index (χ1v) is 4.37. The molecule has 64 valence electrons. The summed E-state index contributed by atoms with van der Waals surface area (Å²) in [6.07, 6.45) is 10.0. The van der Waals surface area contributed by atoms with Crippen molar-refractivity contribution in [1.29, 1.82) is 0 Å². The standard InChI is InChI=1S/C10H12O2/c11-10(12)9-6-5-7-3-1-2-4-8(7)9/h1-4,7-9H,5-6H2,(H,11,12). The van der Waals surface area contributed by atoms with Gasteiger partial charge >= 0.3 is 5.97 Å². The first kappa shape index (κ1) is 7.59. The summed E-state index contributed by atoms with van der Waals surface area (Å²) in [7, 11) is 0. The third-order valence-corrected chi connectivity index (χ3v) is 2.89. The molecular formula is C10H12O2.